The zero-order chi connectivity index (χ0) is 13.8. The fourth-order valence-electron chi connectivity index (χ4n) is 2.00. The molecule has 102 valence electrons. The van der Waals surface area contributed by atoms with Crippen LogP contribution in [0.1, 0.15) is 35.7 Å². The first-order valence-electron chi connectivity index (χ1n) is 6.23. The highest BCUT2D eigenvalue weighted by molar-refractivity contribution is 9.10. The Balaban J connectivity index is 2.09. The van der Waals surface area contributed by atoms with Crippen molar-refractivity contribution in [3.63, 3.8) is 0 Å². The molecule has 1 aromatic carbocycles. The van der Waals surface area contributed by atoms with E-state index in [1.807, 2.05) is 19.1 Å². The van der Waals surface area contributed by atoms with Crippen LogP contribution in [0.4, 0.5) is 0 Å². The van der Waals surface area contributed by atoms with Crippen LogP contribution in [0.5, 0.6) is 5.75 Å². The number of phenolic OH excluding ortho intramolecular Hbond substituents is 1. The van der Waals surface area contributed by atoms with Crippen LogP contribution >= 0.6 is 27.3 Å². The first-order valence-corrected chi connectivity index (χ1v) is 7.90. The van der Waals surface area contributed by atoms with Gasteiger partial charge in [0.25, 0.3) is 0 Å². The van der Waals surface area contributed by atoms with Crippen molar-refractivity contribution in [2.24, 2.45) is 0 Å². The third kappa shape index (κ3) is 3.78. The molecule has 19 heavy (non-hydrogen) atoms. The Bertz CT molecular complexity index is 556. The minimum atomic E-state index is 0.125. The van der Waals surface area contributed by atoms with E-state index in [1.165, 1.54) is 0 Å². The number of rotatable bonds is 5. The van der Waals surface area contributed by atoms with Gasteiger partial charge in [0, 0.05) is 28.0 Å². The SMILES string of the molecule is CCC(NCc1csc(C)n1)c1cc(Br)ccc1O. The number of halogens is 1. The molecule has 1 heterocycles. The van der Waals surface area contributed by atoms with E-state index in [0.717, 1.165) is 33.7 Å². The van der Waals surface area contributed by atoms with Crippen molar-refractivity contribution in [3.8, 4) is 5.75 Å². The molecule has 5 heteroatoms. The predicted molar refractivity (Wildman–Crippen MR) is 82.5 cm³/mol. The van der Waals surface area contributed by atoms with Crippen molar-refractivity contribution in [1.82, 2.24) is 10.3 Å². The van der Waals surface area contributed by atoms with E-state index in [9.17, 15) is 5.11 Å². The van der Waals surface area contributed by atoms with E-state index in [4.69, 9.17) is 0 Å². The Hall–Kier alpha value is -0.910. The van der Waals surface area contributed by atoms with Gasteiger partial charge in [-0.15, -0.1) is 11.3 Å². The van der Waals surface area contributed by atoms with E-state index in [2.05, 4.69) is 38.5 Å². The van der Waals surface area contributed by atoms with Crippen molar-refractivity contribution in [2.45, 2.75) is 32.9 Å². The minimum Gasteiger partial charge on any atom is -0.508 e. The molecule has 0 fully saturated rings. The predicted octanol–water partition coefficient (Wildman–Crippen LogP) is 4.16. The number of thiazole rings is 1. The van der Waals surface area contributed by atoms with E-state index >= 15 is 0 Å². The summed E-state index contributed by atoms with van der Waals surface area (Å²) < 4.78 is 0.977. The second-order valence-electron chi connectivity index (χ2n) is 4.40. The third-order valence-electron chi connectivity index (χ3n) is 2.97. The van der Waals surface area contributed by atoms with Gasteiger partial charge in [0.1, 0.15) is 5.75 Å². The minimum absolute atomic E-state index is 0.125. The van der Waals surface area contributed by atoms with Crippen LogP contribution in [0.3, 0.4) is 0 Å². The molecule has 1 atom stereocenters. The second-order valence-corrected chi connectivity index (χ2v) is 6.38. The number of hydrogen-bond donors (Lipinski definition) is 2. The largest absolute Gasteiger partial charge is 0.508 e. The molecule has 3 nitrogen and oxygen atoms in total. The standard InChI is InChI=1S/C14H17BrN2OS/c1-3-13(12-6-10(15)4-5-14(12)18)16-7-11-8-19-9(2)17-11/h4-6,8,13,16,18H,3,7H2,1-2H3. The summed E-state index contributed by atoms with van der Waals surface area (Å²) in [6, 6.07) is 5.65. The molecule has 0 saturated carbocycles. The van der Waals surface area contributed by atoms with Gasteiger partial charge < -0.3 is 10.4 Å². The Kier molecular flexibility index (Phi) is 4.96. The monoisotopic (exact) mass is 340 g/mol. The molecule has 0 spiro atoms. The van der Waals surface area contributed by atoms with Gasteiger partial charge in [-0.3, -0.25) is 0 Å². The summed E-state index contributed by atoms with van der Waals surface area (Å²) >= 11 is 5.10. The maximum Gasteiger partial charge on any atom is 0.120 e. The van der Waals surface area contributed by atoms with Crippen molar-refractivity contribution in [1.29, 1.82) is 0 Å². The van der Waals surface area contributed by atoms with Gasteiger partial charge in [-0.2, -0.15) is 0 Å². The molecule has 0 saturated heterocycles. The first kappa shape index (κ1) is 14.5. The highest BCUT2D eigenvalue weighted by Crippen LogP contribution is 2.29. The van der Waals surface area contributed by atoms with Crippen molar-refractivity contribution >= 4 is 27.3 Å². The van der Waals surface area contributed by atoms with Gasteiger partial charge in [0.15, 0.2) is 0 Å². The fourth-order valence-corrected chi connectivity index (χ4v) is 2.99. The Morgan fingerprint density at radius 2 is 2.26 bits per heavy atom. The highest BCUT2D eigenvalue weighted by Gasteiger charge is 2.14. The lowest BCUT2D eigenvalue weighted by Crippen LogP contribution is -2.20. The van der Waals surface area contributed by atoms with Gasteiger partial charge >= 0.3 is 0 Å². The lowest BCUT2D eigenvalue weighted by Gasteiger charge is -2.18. The van der Waals surface area contributed by atoms with Crippen LogP contribution < -0.4 is 5.32 Å². The lowest BCUT2D eigenvalue weighted by atomic mass is 10.0. The smallest absolute Gasteiger partial charge is 0.120 e. The van der Waals surface area contributed by atoms with Crippen LogP contribution in [0.2, 0.25) is 0 Å². The summed E-state index contributed by atoms with van der Waals surface area (Å²) in [6.07, 6.45) is 0.910. The number of aryl methyl sites for hydroxylation is 1. The van der Waals surface area contributed by atoms with Crippen LogP contribution in [-0.2, 0) is 6.54 Å². The summed E-state index contributed by atoms with van der Waals surface area (Å²) in [7, 11) is 0. The van der Waals surface area contributed by atoms with Gasteiger partial charge in [0.2, 0.25) is 0 Å². The number of benzene rings is 1. The van der Waals surface area contributed by atoms with E-state index in [-0.39, 0.29) is 6.04 Å². The Morgan fingerprint density at radius 1 is 1.47 bits per heavy atom. The number of hydrogen-bond acceptors (Lipinski definition) is 4. The average molecular weight is 341 g/mol. The average Bonchev–Trinajstić information content (AvgIpc) is 2.80. The molecular formula is C14H17BrN2OS. The van der Waals surface area contributed by atoms with Crippen LogP contribution in [-0.4, -0.2) is 10.1 Å². The number of nitrogens with zero attached hydrogens (tertiary/aromatic N) is 1. The quantitative estimate of drug-likeness (QED) is 0.858. The molecule has 0 amide bonds. The maximum absolute atomic E-state index is 9.96. The van der Waals surface area contributed by atoms with E-state index < -0.39 is 0 Å². The van der Waals surface area contributed by atoms with Crippen molar-refractivity contribution in [3.05, 3.63) is 44.3 Å². The molecule has 0 radical (unpaired) electrons. The molecule has 1 aromatic heterocycles. The summed E-state index contributed by atoms with van der Waals surface area (Å²) in [5, 5.41) is 16.6. The maximum atomic E-state index is 9.96. The van der Waals surface area contributed by atoms with Crippen LogP contribution in [0, 0.1) is 6.92 Å². The van der Waals surface area contributed by atoms with E-state index in [1.54, 1.807) is 17.4 Å². The summed E-state index contributed by atoms with van der Waals surface area (Å²) in [4.78, 5) is 4.43. The summed E-state index contributed by atoms with van der Waals surface area (Å²) in [6.45, 7) is 4.82. The molecule has 2 N–H and O–H groups in total. The summed E-state index contributed by atoms with van der Waals surface area (Å²) in [5.74, 6) is 0.331. The molecule has 0 aliphatic rings. The summed E-state index contributed by atoms with van der Waals surface area (Å²) in [5.41, 5.74) is 1.97. The molecule has 1 unspecified atom stereocenters. The zero-order valence-electron chi connectivity index (χ0n) is 11.0. The molecule has 0 aliphatic carbocycles. The van der Waals surface area contributed by atoms with Crippen molar-refractivity contribution in [2.75, 3.05) is 0 Å². The highest BCUT2D eigenvalue weighted by atomic mass is 79.9. The second kappa shape index (κ2) is 6.50. The topological polar surface area (TPSA) is 45.2 Å². The van der Waals surface area contributed by atoms with Gasteiger partial charge in [0.05, 0.1) is 10.7 Å². The van der Waals surface area contributed by atoms with Gasteiger partial charge in [-0.1, -0.05) is 22.9 Å². The number of nitrogens with one attached hydrogen (secondary N) is 1. The number of aromatic nitrogens is 1. The molecule has 0 bridgehead atoms. The third-order valence-corrected chi connectivity index (χ3v) is 4.28. The first-order chi connectivity index (χ1) is 9.10. The zero-order valence-corrected chi connectivity index (χ0v) is 13.4. The van der Waals surface area contributed by atoms with Gasteiger partial charge in [-0.05, 0) is 31.5 Å². The van der Waals surface area contributed by atoms with Crippen molar-refractivity contribution < 1.29 is 5.11 Å². The molecule has 0 aliphatic heterocycles. The molecule has 2 aromatic rings. The van der Waals surface area contributed by atoms with Crippen LogP contribution in [0.25, 0.3) is 0 Å². The number of phenols is 1. The Labute approximate surface area is 125 Å². The molecular weight excluding hydrogens is 324 g/mol. The van der Waals surface area contributed by atoms with Gasteiger partial charge in [-0.25, -0.2) is 4.98 Å². The lowest BCUT2D eigenvalue weighted by molar-refractivity contribution is 0.439. The number of aromatic hydroxyl groups is 1. The Morgan fingerprint density at radius 3 is 2.89 bits per heavy atom. The molecule has 2 rings (SSSR count). The normalized spacial score (nSPS) is 12.6. The van der Waals surface area contributed by atoms with E-state index in [0.29, 0.717) is 5.75 Å². The fraction of sp³-hybridized carbons (Fsp3) is 0.357. The van der Waals surface area contributed by atoms with Crippen LogP contribution in [0.15, 0.2) is 28.1 Å².